The summed E-state index contributed by atoms with van der Waals surface area (Å²) in [6, 6.07) is 33.6. The topological polar surface area (TPSA) is 36.9 Å². The summed E-state index contributed by atoms with van der Waals surface area (Å²) in [7, 11) is 0. The molecule has 5 nitrogen and oxygen atoms in total. The first kappa shape index (κ1) is 30.8. The zero-order valence-corrected chi connectivity index (χ0v) is 31.9. The molecular formula is C43H45N4OPt-. The quantitative estimate of drug-likeness (QED) is 0.166. The van der Waals surface area contributed by atoms with Crippen LogP contribution in [0.15, 0.2) is 91.4 Å². The minimum absolute atomic E-state index is 0. The summed E-state index contributed by atoms with van der Waals surface area (Å²) in [4.78, 5) is 4.86. The SMILES string of the molecule is [2H]C([2H])([2H])n1[cH+]n(-c2[c-]c(Oc3[c-]c4c(cc3)c3cc(C(C)(C)C)ccc3n4-c3cc(C(C)(C)C)ccn3)cc(C(C)(C)C)c2)c2ccccc21.[Pt]. The fourth-order valence-corrected chi connectivity index (χ4v) is 6.26. The maximum absolute atomic E-state index is 8.17. The number of benzene rings is 4. The van der Waals surface area contributed by atoms with Crippen molar-refractivity contribution in [1.29, 1.82) is 0 Å². The minimum atomic E-state index is -2.34. The van der Waals surface area contributed by atoms with E-state index >= 15 is 0 Å². The maximum Gasteiger partial charge on any atom is 0.188 e. The molecule has 0 bridgehead atoms. The fraction of sp³-hybridized carbons (Fsp3) is 0.302. The van der Waals surface area contributed by atoms with Gasteiger partial charge in [0.05, 0.1) is 0 Å². The third kappa shape index (κ3) is 6.46. The predicted molar refractivity (Wildman–Crippen MR) is 199 cm³/mol. The van der Waals surface area contributed by atoms with Crippen LogP contribution in [0.5, 0.6) is 11.5 Å². The Kier molecular flexibility index (Phi) is 7.73. The normalized spacial score (nSPS) is 13.7. The third-order valence-corrected chi connectivity index (χ3v) is 9.16. The number of fused-ring (bicyclic) bond motifs is 4. The predicted octanol–water partition coefficient (Wildman–Crippen LogP) is 11.0. The Morgan fingerprint density at radius 2 is 1.37 bits per heavy atom. The number of hydrogen-bond acceptors (Lipinski definition) is 2. The largest absolute Gasteiger partial charge is 0.508 e. The molecule has 4 aromatic carbocycles. The van der Waals surface area contributed by atoms with Crippen molar-refractivity contribution in [2.45, 2.75) is 78.6 Å². The average molecular weight is 832 g/mol. The van der Waals surface area contributed by atoms with Gasteiger partial charge >= 0.3 is 0 Å². The van der Waals surface area contributed by atoms with Crippen molar-refractivity contribution >= 4 is 32.8 Å². The van der Waals surface area contributed by atoms with E-state index in [4.69, 9.17) is 13.8 Å². The van der Waals surface area contributed by atoms with Gasteiger partial charge in [-0.2, -0.15) is 6.07 Å². The number of ether oxygens (including phenoxy) is 1. The van der Waals surface area contributed by atoms with Gasteiger partial charge < -0.3 is 9.30 Å². The molecule has 3 heterocycles. The van der Waals surface area contributed by atoms with Crippen LogP contribution in [0.25, 0.3) is 44.3 Å². The first-order chi connectivity index (χ1) is 23.8. The molecule has 0 radical (unpaired) electrons. The summed E-state index contributed by atoms with van der Waals surface area (Å²) in [5.74, 6) is 1.87. The van der Waals surface area contributed by atoms with E-state index < -0.39 is 6.98 Å². The van der Waals surface area contributed by atoms with Crippen molar-refractivity contribution in [3.05, 3.63) is 120 Å². The van der Waals surface area contributed by atoms with E-state index in [1.807, 2.05) is 47.2 Å². The second-order valence-corrected chi connectivity index (χ2v) is 15.9. The van der Waals surface area contributed by atoms with E-state index in [1.54, 1.807) is 6.33 Å². The summed E-state index contributed by atoms with van der Waals surface area (Å²) in [5, 5.41) is 2.20. The summed E-state index contributed by atoms with van der Waals surface area (Å²) >= 11 is 0. The molecule has 7 aromatic rings. The Morgan fingerprint density at radius 1 is 0.673 bits per heavy atom. The van der Waals surface area contributed by atoms with Gasteiger partial charge in [-0.1, -0.05) is 92.1 Å². The monoisotopic (exact) mass is 831 g/mol. The molecule has 0 saturated heterocycles. The molecule has 0 saturated carbocycles. The van der Waals surface area contributed by atoms with Crippen molar-refractivity contribution in [3.8, 4) is 23.0 Å². The smallest absolute Gasteiger partial charge is 0.188 e. The average Bonchev–Trinajstić information content (AvgIpc) is 3.59. The number of aromatic nitrogens is 4. The van der Waals surface area contributed by atoms with Gasteiger partial charge in [-0.05, 0) is 63.1 Å². The number of nitrogens with zero attached hydrogens (tertiary/aromatic N) is 4. The summed E-state index contributed by atoms with van der Waals surface area (Å²) in [6.07, 6.45) is 3.51. The molecule has 254 valence electrons. The molecule has 0 amide bonds. The van der Waals surface area contributed by atoms with E-state index in [0.29, 0.717) is 22.7 Å². The Labute approximate surface area is 309 Å². The van der Waals surface area contributed by atoms with Gasteiger partial charge in [0.25, 0.3) is 0 Å². The molecule has 7 rings (SSSR count). The van der Waals surface area contributed by atoms with E-state index in [2.05, 4.69) is 121 Å². The zero-order chi connectivity index (χ0) is 36.7. The summed E-state index contributed by atoms with van der Waals surface area (Å²) in [5.41, 5.74) is 7.17. The molecule has 3 aromatic heterocycles. The molecule has 0 aliphatic heterocycles. The second-order valence-electron chi connectivity index (χ2n) is 15.9. The van der Waals surface area contributed by atoms with Crippen LogP contribution in [0.2, 0.25) is 0 Å². The van der Waals surface area contributed by atoms with Crippen LogP contribution >= 0.6 is 0 Å². The summed E-state index contributed by atoms with van der Waals surface area (Å²) < 4.78 is 36.5. The maximum atomic E-state index is 8.17. The number of pyridine rings is 1. The second kappa shape index (κ2) is 12.3. The first-order valence-electron chi connectivity index (χ1n) is 18.1. The van der Waals surface area contributed by atoms with Crippen molar-refractivity contribution in [3.63, 3.8) is 0 Å². The third-order valence-electron chi connectivity index (χ3n) is 9.16. The zero-order valence-electron chi connectivity index (χ0n) is 32.7. The number of hydrogen-bond donors (Lipinski definition) is 0. The van der Waals surface area contributed by atoms with Gasteiger partial charge in [-0.25, -0.2) is 14.1 Å². The van der Waals surface area contributed by atoms with Crippen LogP contribution in [-0.4, -0.2) is 18.7 Å². The molecule has 6 heteroatoms. The van der Waals surface area contributed by atoms with Crippen LogP contribution in [0, 0.1) is 12.1 Å². The van der Waals surface area contributed by atoms with Crippen molar-refractivity contribution in [1.82, 2.24) is 18.7 Å². The van der Waals surface area contributed by atoms with Crippen LogP contribution in [0.1, 0.15) is 83.1 Å². The molecule has 0 aliphatic rings. The molecule has 0 spiro atoms. The molecule has 0 unspecified atom stereocenters. The Bertz CT molecular complexity index is 2450. The van der Waals surface area contributed by atoms with Gasteiger partial charge in [0.2, 0.25) is 0 Å². The van der Waals surface area contributed by atoms with Gasteiger partial charge in [-0.15, -0.1) is 29.1 Å². The molecular weight excluding hydrogens is 784 g/mol. The minimum Gasteiger partial charge on any atom is -0.508 e. The van der Waals surface area contributed by atoms with Gasteiger partial charge in [0.1, 0.15) is 5.82 Å². The van der Waals surface area contributed by atoms with Crippen molar-refractivity contribution in [2.75, 3.05) is 0 Å². The van der Waals surface area contributed by atoms with E-state index in [-0.39, 0.29) is 37.3 Å². The van der Waals surface area contributed by atoms with Gasteiger partial charge in [-0.3, -0.25) is 0 Å². The number of rotatable bonds is 4. The van der Waals surface area contributed by atoms with Gasteiger partial charge in [0, 0.05) is 73.2 Å². The Hall–Kier alpha value is -4.21. The van der Waals surface area contributed by atoms with Crippen LogP contribution in [-0.2, 0) is 44.3 Å². The van der Waals surface area contributed by atoms with E-state index in [1.165, 1.54) is 15.7 Å². The molecule has 0 N–H and O–H groups in total. The molecule has 49 heavy (non-hydrogen) atoms. The van der Waals surface area contributed by atoms with Crippen molar-refractivity contribution < 1.29 is 29.9 Å². The van der Waals surface area contributed by atoms with Gasteiger partial charge in [0.15, 0.2) is 17.4 Å². The number of para-hydroxylation sites is 2. The first-order valence-corrected chi connectivity index (χ1v) is 16.6. The van der Waals surface area contributed by atoms with Crippen LogP contribution in [0.3, 0.4) is 0 Å². The fourth-order valence-electron chi connectivity index (χ4n) is 6.26. The Balaban J connectivity index is 0.00000464. The number of imidazole rings is 1. The molecule has 0 atom stereocenters. The van der Waals surface area contributed by atoms with E-state index in [9.17, 15) is 0 Å². The van der Waals surface area contributed by atoms with Crippen molar-refractivity contribution in [2.24, 2.45) is 6.98 Å². The Morgan fingerprint density at radius 3 is 2.06 bits per heavy atom. The molecule has 0 fully saturated rings. The van der Waals surface area contributed by atoms with E-state index in [0.717, 1.165) is 38.7 Å². The van der Waals surface area contributed by atoms with Crippen LogP contribution in [0.4, 0.5) is 0 Å². The molecule has 0 aliphatic carbocycles. The number of aryl methyl sites for hydroxylation is 1. The van der Waals surface area contributed by atoms with Crippen LogP contribution < -0.4 is 4.74 Å². The standard InChI is InChI=1S/C43H45N4O.Pt/c1-41(2,3)28-15-18-36-35(23-28)34-17-16-32(26-39(34)47(36)40-24-29(19-20-44-40)42(4,5)6)48-33-22-30(43(7,8)9)21-31(25-33)46-27-45(10)37-13-11-12-14-38(37)46;/h11-24,27H,1-10H3;/q-1;/i10D3;. The summed E-state index contributed by atoms with van der Waals surface area (Å²) in [6.45, 7) is 17.4.